The molecule has 2 aromatic rings. The number of oxime groups is 1. The van der Waals surface area contributed by atoms with Gasteiger partial charge < -0.3 is 48.7 Å². The summed E-state index contributed by atoms with van der Waals surface area (Å²) < 4.78 is 48.0. The average Bonchev–Trinajstić information content (AvgIpc) is 3.71. The van der Waals surface area contributed by atoms with E-state index in [-0.39, 0.29) is 74.9 Å². The Kier molecular flexibility index (Phi) is 16.2. The molecule has 0 aliphatic carbocycles. The van der Waals surface area contributed by atoms with Crippen molar-refractivity contribution in [3.63, 3.8) is 0 Å². The number of carbonyl (C=O) groups is 4. The van der Waals surface area contributed by atoms with Crippen LogP contribution < -0.4 is 5.73 Å². The van der Waals surface area contributed by atoms with Crippen LogP contribution in [0.5, 0.6) is 0 Å². The van der Waals surface area contributed by atoms with Crippen LogP contribution in [0.15, 0.2) is 39.0 Å². The van der Waals surface area contributed by atoms with Crippen molar-refractivity contribution >= 4 is 41.2 Å². The number of oxazole rings is 1. The lowest BCUT2D eigenvalue weighted by Gasteiger charge is -2.46. The zero-order valence-electron chi connectivity index (χ0n) is 38.2. The molecule has 0 spiro atoms. The number of carbonyl (C=O) groups excluding carboxylic acids is 4. The molecule has 63 heavy (non-hydrogen) atoms. The van der Waals surface area contributed by atoms with Crippen molar-refractivity contribution in [1.29, 1.82) is 0 Å². The Morgan fingerprint density at radius 2 is 1.84 bits per heavy atom. The Labute approximate surface area is 368 Å². The van der Waals surface area contributed by atoms with E-state index in [1.807, 2.05) is 32.8 Å². The number of aliphatic imine (C=N–C) groups is 1. The molecule has 0 aromatic carbocycles. The average molecular weight is 885 g/mol. The fourth-order valence-electron chi connectivity index (χ4n) is 9.22. The number of anilines is 1. The highest BCUT2D eigenvalue weighted by Crippen LogP contribution is 2.43. The van der Waals surface area contributed by atoms with Gasteiger partial charge in [0.15, 0.2) is 30.6 Å². The lowest BCUT2D eigenvalue weighted by Crippen LogP contribution is -2.60. The summed E-state index contributed by atoms with van der Waals surface area (Å²) in [5, 5.41) is 17.0. The summed E-state index contributed by atoms with van der Waals surface area (Å²) in [5.74, 6) is -6.44. The fraction of sp³-hybridized carbons (Fsp3) is 0.689. The maximum Gasteiger partial charge on any atom is 0.351 e. The molecular weight excluding hydrogens is 820 g/mol. The van der Waals surface area contributed by atoms with Crippen molar-refractivity contribution < 1.29 is 56.9 Å². The highest BCUT2D eigenvalue weighted by atomic mass is 19.1. The van der Waals surface area contributed by atoms with Gasteiger partial charge in [0.25, 0.3) is 5.67 Å². The monoisotopic (exact) mass is 884 g/mol. The molecule has 3 aliphatic rings. The molecule has 1 amide bonds. The van der Waals surface area contributed by atoms with Crippen molar-refractivity contribution in [2.24, 2.45) is 33.8 Å². The number of pyridine rings is 1. The van der Waals surface area contributed by atoms with Crippen LogP contribution in [-0.2, 0) is 49.6 Å². The van der Waals surface area contributed by atoms with E-state index in [0.717, 1.165) is 6.92 Å². The van der Waals surface area contributed by atoms with E-state index in [4.69, 9.17) is 33.9 Å². The van der Waals surface area contributed by atoms with Crippen LogP contribution in [0, 0.1) is 23.7 Å². The number of Topliss-reactive ketones (excluding diaryl/α,β-unsaturated/α-hetero) is 1. The number of aldehydes is 1. The maximum atomic E-state index is 17.0. The minimum absolute atomic E-state index is 0.0154. The zero-order chi connectivity index (χ0) is 46.4. The first-order valence-corrected chi connectivity index (χ1v) is 21.9. The lowest BCUT2D eigenvalue weighted by molar-refractivity contribution is -0.260. The minimum Gasteiger partial charge on any atom is -0.457 e. The van der Waals surface area contributed by atoms with Gasteiger partial charge in [-0.2, -0.15) is 0 Å². The number of rotatable bonds is 10. The zero-order valence-corrected chi connectivity index (χ0v) is 38.2. The van der Waals surface area contributed by atoms with Crippen LogP contribution in [0.4, 0.5) is 10.2 Å². The number of ketones is 1. The number of ether oxygens (including phenoxy) is 4. The van der Waals surface area contributed by atoms with E-state index in [2.05, 4.69) is 20.1 Å². The maximum absolute atomic E-state index is 17.0. The summed E-state index contributed by atoms with van der Waals surface area (Å²) in [6, 6.07) is 5.03. The second-order valence-corrected chi connectivity index (χ2v) is 17.9. The SMILES string of the molecule is CCC(=O)N=C1[C@H](C)C[C@@]2(C=O)OC/C(=N/OCc3coc(-c4cccc(N)n4)n3)CCC([C@H]1C)[C@](C)(O)[C@@H](CC)OC(=O)[C@@](C)(F)C(=O)[C@H](C)[C@H]2O[C@H]1CC(N(C)C)C[C@@H](C)O1. The number of esters is 1. The largest absolute Gasteiger partial charge is 0.457 e. The van der Waals surface area contributed by atoms with Crippen molar-refractivity contribution in [3.05, 3.63) is 30.2 Å². The molecule has 348 valence electrons. The first-order chi connectivity index (χ1) is 29.7. The van der Waals surface area contributed by atoms with Crippen molar-refractivity contribution in [2.75, 3.05) is 26.4 Å². The molecule has 3 N–H and O–H groups in total. The summed E-state index contributed by atoms with van der Waals surface area (Å²) in [4.78, 5) is 76.8. The summed E-state index contributed by atoms with van der Waals surface area (Å²) in [7, 11) is 3.84. The van der Waals surface area contributed by atoms with Gasteiger partial charge in [-0.25, -0.2) is 24.1 Å². The van der Waals surface area contributed by atoms with Gasteiger partial charge in [0.2, 0.25) is 11.8 Å². The molecule has 3 aliphatic heterocycles. The molecule has 5 heterocycles. The number of nitrogen functional groups attached to an aromatic ring is 1. The van der Waals surface area contributed by atoms with Crippen molar-refractivity contribution in [3.8, 4) is 11.6 Å². The molecule has 3 fully saturated rings. The topological polar surface area (TPSA) is 228 Å². The summed E-state index contributed by atoms with van der Waals surface area (Å²) >= 11 is 0. The van der Waals surface area contributed by atoms with Gasteiger partial charge >= 0.3 is 5.97 Å². The number of nitrogens with two attached hydrogens (primary N) is 1. The van der Waals surface area contributed by atoms with Crippen LogP contribution >= 0.6 is 0 Å². The number of hydrogen-bond acceptors (Lipinski definition) is 16. The van der Waals surface area contributed by atoms with E-state index in [9.17, 15) is 24.3 Å². The van der Waals surface area contributed by atoms with Crippen molar-refractivity contribution in [2.45, 2.75) is 154 Å². The highest BCUT2D eigenvalue weighted by Gasteiger charge is 2.57. The van der Waals surface area contributed by atoms with Gasteiger partial charge in [0.1, 0.15) is 41.3 Å². The highest BCUT2D eigenvalue weighted by molar-refractivity contribution is 6.08. The second kappa shape index (κ2) is 20.6. The first kappa shape index (κ1) is 49.5. The van der Waals surface area contributed by atoms with Crippen LogP contribution in [-0.4, -0.2) is 124 Å². The molecule has 2 unspecified atom stereocenters. The first-order valence-electron chi connectivity index (χ1n) is 21.9. The Hall–Kier alpha value is -4.49. The Morgan fingerprint density at radius 3 is 2.49 bits per heavy atom. The van der Waals surface area contributed by atoms with Crippen LogP contribution in [0.3, 0.4) is 0 Å². The number of fused-ring (bicyclic) bond motifs is 5. The molecule has 2 aromatic heterocycles. The Bertz CT molecular complexity index is 2000. The molecule has 3 saturated heterocycles. The summed E-state index contributed by atoms with van der Waals surface area (Å²) in [6.07, 6.45) is -1.11. The van der Waals surface area contributed by atoms with E-state index < -0.39 is 76.7 Å². The van der Waals surface area contributed by atoms with Gasteiger partial charge in [-0.1, -0.05) is 45.8 Å². The number of cyclic esters (lactones) is 1. The third-order valence-corrected chi connectivity index (χ3v) is 12.9. The molecule has 12 atom stereocenters. The third-order valence-electron chi connectivity index (χ3n) is 12.9. The molecule has 17 nitrogen and oxygen atoms in total. The second-order valence-electron chi connectivity index (χ2n) is 17.9. The number of nitrogens with zero attached hydrogens (tertiary/aromatic N) is 5. The number of amides is 1. The molecule has 5 rings (SSSR count). The predicted octanol–water partition coefficient (Wildman–Crippen LogP) is 5.46. The Morgan fingerprint density at radius 1 is 1.11 bits per heavy atom. The minimum atomic E-state index is -3.24. The van der Waals surface area contributed by atoms with Gasteiger partial charge in [-0.15, -0.1) is 0 Å². The van der Waals surface area contributed by atoms with E-state index in [1.165, 1.54) is 20.1 Å². The lowest BCUT2D eigenvalue weighted by atomic mass is 9.68. The smallest absolute Gasteiger partial charge is 0.351 e. The fourth-order valence-corrected chi connectivity index (χ4v) is 9.22. The number of aromatic nitrogens is 2. The third kappa shape index (κ3) is 11.2. The van der Waals surface area contributed by atoms with Gasteiger partial charge in [0, 0.05) is 36.4 Å². The normalized spacial score (nSPS) is 36.3. The quantitative estimate of drug-likeness (QED) is 0.131. The number of hydrogen-bond donors (Lipinski definition) is 2. The number of halogens is 1. The molecule has 0 radical (unpaired) electrons. The molecule has 18 heteroatoms. The number of aliphatic hydroxyl groups is 1. The van der Waals surface area contributed by atoms with E-state index in [1.54, 1.807) is 39.0 Å². The number of alkyl halides is 1. The van der Waals surface area contributed by atoms with E-state index >= 15 is 4.39 Å². The predicted molar refractivity (Wildman–Crippen MR) is 230 cm³/mol. The Balaban J connectivity index is 1.68. The molecule has 0 saturated carbocycles. The van der Waals surface area contributed by atoms with Crippen LogP contribution in [0.2, 0.25) is 0 Å². The van der Waals surface area contributed by atoms with Crippen LogP contribution in [0.1, 0.15) is 106 Å². The van der Waals surface area contributed by atoms with Crippen LogP contribution in [0.25, 0.3) is 11.6 Å². The van der Waals surface area contributed by atoms with E-state index in [0.29, 0.717) is 36.2 Å². The van der Waals surface area contributed by atoms with Gasteiger partial charge in [0.05, 0.1) is 18.4 Å². The van der Waals surface area contributed by atoms with Crippen molar-refractivity contribution in [1.82, 2.24) is 14.9 Å². The summed E-state index contributed by atoms with van der Waals surface area (Å²) in [5.41, 5.74) is 0.0845. The van der Waals surface area contributed by atoms with Gasteiger partial charge in [-0.05, 0) is 90.9 Å². The van der Waals surface area contributed by atoms with Gasteiger partial charge in [-0.3, -0.25) is 9.59 Å². The summed E-state index contributed by atoms with van der Waals surface area (Å²) in [6.45, 7) is 12.0. The molecular formula is C45H65FN6O11. The molecule has 2 bridgehead atoms. The standard InChI is InChI=1S/C45H65FN6O11/c1-11-34-44(8,57)32-17-16-29(51-60-23-30-21-58-41(48-30)33-14-13-15-35(47)49-33)22-59-45(24-53,20-25(3)38(27(32)5)50-36(54)12-2)40(28(6)39(55)43(7,46)42(56)62-34)63-37-19-31(52(9)10)18-26(4)61-37/h13-15,21,24-28,31-32,34,37,40,57H,11-12,16-20,22-23H2,1-10H3,(H2,47,49)/b50-38?,51-29+/t25-,26-,27-,28+,31?,32?,34-,37+,40-,43+,44+,45+/m1/s1.